The lowest BCUT2D eigenvalue weighted by molar-refractivity contribution is -0.148. The van der Waals surface area contributed by atoms with Crippen LogP contribution >= 0.6 is 23.2 Å². The van der Waals surface area contributed by atoms with Crippen LogP contribution in [0.15, 0.2) is 59.1 Å². The standard InChI is InChI=1S/C20H16Cl2N2O5/c21-13-6-3-5-12(8-13)15-10-17(29-24-15)19(26)23-16(18(25)20(27)28)9-11-4-1-2-7-14(11)22/h1-8,10,16,18,25H,9H2,(H,23,26)(H,27,28)/t16-,18?/m1/s1. The van der Waals surface area contributed by atoms with Crippen molar-refractivity contribution in [2.24, 2.45) is 0 Å². The molecule has 0 radical (unpaired) electrons. The van der Waals surface area contributed by atoms with Crippen LogP contribution in [0.4, 0.5) is 0 Å². The topological polar surface area (TPSA) is 113 Å². The van der Waals surface area contributed by atoms with Crippen molar-refractivity contribution in [3.05, 3.63) is 76.0 Å². The van der Waals surface area contributed by atoms with E-state index >= 15 is 0 Å². The first-order valence-corrected chi connectivity index (χ1v) is 9.28. The minimum absolute atomic E-state index is 0.00810. The number of halogens is 2. The average molecular weight is 435 g/mol. The van der Waals surface area contributed by atoms with Crippen LogP contribution in [0.3, 0.4) is 0 Å². The summed E-state index contributed by atoms with van der Waals surface area (Å²) in [5.41, 5.74) is 1.62. The molecule has 7 nitrogen and oxygen atoms in total. The van der Waals surface area contributed by atoms with Crippen molar-refractivity contribution >= 4 is 35.1 Å². The van der Waals surface area contributed by atoms with Crippen molar-refractivity contribution in [2.45, 2.75) is 18.6 Å². The Morgan fingerprint density at radius 2 is 1.86 bits per heavy atom. The molecule has 0 aliphatic carbocycles. The maximum absolute atomic E-state index is 12.6. The van der Waals surface area contributed by atoms with Crippen LogP contribution in [0.25, 0.3) is 11.3 Å². The summed E-state index contributed by atoms with van der Waals surface area (Å²) in [6.07, 6.45) is -1.83. The van der Waals surface area contributed by atoms with Crippen LogP contribution in [0.5, 0.6) is 0 Å². The maximum Gasteiger partial charge on any atom is 0.334 e. The van der Waals surface area contributed by atoms with Crippen LogP contribution in [0.1, 0.15) is 16.1 Å². The van der Waals surface area contributed by atoms with E-state index in [1.54, 1.807) is 48.5 Å². The third-order valence-electron chi connectivity index (χ3n) is 4.20. The number of benzene rings is 2. The first-order valence-electron chi connectivity index (χ1n) is 8.53. The maximum atomic E-state index is 12.6. The Kier molecular flexibility index (Phi) is 6.53. The zero-order valence-electron chi connectivity index (χ0n) is 14.9. The summed E-state index contributed by atoms with van der Waals surface area (Å²) in [6, 6.07) is 13.9. The molecule has 1 aromatic heterocycles. The van der Waals surface area contributed by atoms with Gasteiger partial charge in [-0.05, 0) is 30.2 Å². The number of aliphatic hydroxyl groups is 1. The number of nitrogens with one attached hydrogen (secondary N) is 1. The minimum Gasteiger partial charge on any atom is -0.479 e. The number of hydrogen-bond donors (Lipinski definition) is 3. The van der Waals surface area contributed by atoms with Gasteiger partial charge in [0.15, 0.2) is 6.10 Å². The van der Waals surface area contributed by atoms with Crippen LogP contribution in [0, 0.1) is 0 Å². The largest absolute Gasteiger partial charge is 0.479 e. The Hall–Kier alpha value is -2.87. The van der Waals surface area contributed by atoms with Gasteiger partial charge in [0.1, 0.15) is 5.69 Å². The van der Waals surface area contributed by atoms with Gasteiger partial charge in [-0.3, -0.25) is 4.79 Å². The van der Waals surface area contributed by atoms with E-state index in [4.69, 9.17) is 27.7 Å². The minimum atomic E-state index is -1.84. The molecule has 0 fully saturated rings. The van der Waals surface area contributed by atoms with Gasteiger partial charge in [0.25, 0.3) is 5.91 Å². The smallest absolute Gasteiger partial charge is 0.334 e. The highest BCUT2D eigenvalue weighted by Crippen LogP contribution is 2.23. The zero-order valence-corrected chi connectivity index (χ0v) is 16.4. The van der Waals surface area contributed by atoms with Crippen molar-refractivity contribution in [2.75, 3.05) is 0 Å². The number of aromatic nitrogens is 1. The molecule has 1 unspecified atom stereocenters. The van der Waals surface area contributed by atoms with Crippen molar-refractivity contribution in [3.63, 3.8) is 0 Å². The Balaban J connectivity index is 1.79. The van der Waals surface area contributed by atoms with Crippen LogP contribution < -0.4 is 5.32 Å². The summed E-state index contributed by atoms with van der Waals surface area (Å²) < 4.78 is 5.08. The van der Waals surface area contributed by atoms with E-state index in [1.807, 2.05) is 0 Å². The van der Waals surface area contributed by atoms with E-state index < -0.39 is 24.0 Å². The first-order chi connectivity index (χ1) is 13.8. The third-order valence-corrected chi connectivity index (χ3v) is 4.81. The van der Waals surface area contributed by atoms with E-state index in [1.165, 1.54) is 6.07 Å². The number of carboxylic acids is 1. The normalized spacial score (nSPS) is 12.9. The lowest BCUT2D eigenvalue weighted by Gasteiger charge is -2.21. The summed E-state index contributed by atoms with van der Waals surface area (Å²) in [5, 5.41) is 26.4. The van der Waals surface area contributed by atoms with Crippen LogP contribution in [0.2, 0.25) is 10.0 Å². The van der Waals surface area contributed by atoms with Crippen molar-refractivity contribution < 1.29 is 24.3 Å². The fourth-order valence-corrected chi connectivity index (χ4v) is 3.12. The lowest BCUT2D eigenvalue weighted by atomic mass is 10.0. The van der Waals surface area contributed by atoms with E-state index in [2.05, 4.69) is 10.5 Å². The van der Waals surface area contributed by atoms with Gasteiger partial charge in [-0.1, -0.05) is 58.7 Å². The Morgan fingerprint density at radius 1 is 1.10 bits per heavy atom. The molecular weight excluding hydrogens is 419 g/mol. The van der Waals surface area contributed by atoms with Gasteiger partial charge >= 0.3 is 5.97 Å². The number of aliphatic hydroxyl groups excluding tert-OH is 1. The summed E-state index contributed by atoms with van der Waals surface area (Å²) in [6.45, 7) is 0. The average Bonchev–Trinajstić information content (AvgIpc) is 3.19. The Morgan fingerprint density at radius 3 is 2.55 bits per heavy atom. The number of amides is 1. The molecule has 1 amide bonds. The molecule has 0 aliphatic rings. The van der Waals surface area contributed by atoms with E-state index in [0.717, 1.165) is 0 Å². The molecule has 1 heterocycles. The highest BCUT2D eigenvalue weighted by Gasteiger charge is 2.29. The SMILES string of the molecule is O=C(N[C@H](Cc1ccccc1Cl)C(O)C(=O)O)c1cc(-c2cccc(Cl)c2)no1. The quantitative estimate of drug-likeness (QED) is 0.524. The van der Waals surface area contributed by atoms with Gasteiger partial charge in [-0.2, -0.15) is 0 Å². The van der Waals surface area contributed by atoms with Gasteiger partial charge < -0.3 is 20.1 Å². The first kappa shape index (κ1) is 20.9. The van der Waals surface area contributed by atoms with Crippen molar-refractivity contribution in [3.8, 4) is 11.3 Å². The summed E-state index contributed by atoms with van der Waals surface area (Å²) in [5.74, 6) is -2.33. The number of hydrogen-bond acceptors (Lipinski definition) is 5. The lowest BCUT2D eigenvalue weighted by Crippen LogP contribution is -2.48. The molecule has 0 spiro atoms. The molecule has 0 saturated carbocycles. The van der Waals surface area contributed by atoms with E-state index in [9.17, 15) is 19.8 Å². The molecule has 0 aliphatic heterocycles. The Labute approximate surface area is 175 Å². The van der Waals surface area contributed by atoms with Crippen LogP contribution in [-0.2, 0) is 11.2 Å². The molecule has 150 valence electrons. The number of carbonyl (C=O) groups is 2. The molecule has 2 atom stereocenters. The van der Waals surface area contributed by atoms with Gasteiger partial charge in [-0.15, -0.1) is 0 Å². The predicted octanol–water partition coefficient (Wildman–Crippen LogP) is 3.44. The van der Waals surface area contributed by atoms with E-state index in [-0.39, 0.29) is 12.2 Å². The molecule has 3 rings (SSSR count). The summed E-state index contributed by atoms with van der Waals surface area (Å²) in [4.78, 5) is 23.8. The van der Waals surface area contributed by atoms with Gasteiger partial charge in [-0.25, -0.2) is 4.79 Å². The van der Waals surface area contributed by atoms with Gasteiger partial charge in [0.2, 0.25) is 5.76 Å². The highest BCUT2D eigenvalue weighted by atomic mass is 35.5. The molecule has 3 aromatic rings. The monoisotopic (exact) mass is 434 g/mol. The summed E-state index contributed by atoms with van der Waals surface area (Å²) >= 11 is 12.1. The van der Waals surface area contributed by atoms with Crippen LogP contribution in [-0.4, -0.2) is 39.4 Å². The highest BCUT2D eigenvalue weighted by molar-refractivity contribution is 6.31. The predicted molar refractivity (Wildman–Crippen MR) is 107 cm³/mol. The fourth-order valence-electron chi connectivity index (χ4n) is 2.72. The second-order valence-electron chi connectivity index (χ2n) is 6.25. The number of aliphatic carboxylic acids is 1. The van der Waals surface area contributed by atoms with Crippen molar-refractivity contribution in [1.29, 1.82) is 0 Å². The zero-order chi connectivity index (χ0) is 21.0. The molecular formula is C20H16Cl2N2O5. The Bertz CT molecular complexity index is 1040. The molecule has 9 heteroatoms. The van der Waals surface area contributed by atoms with Gasteiger partial charge in [0, 0.05) is 21.7 Å². The second kappa shape index (κ2) is 9.09. The third kappa shape index (κ3) is 5.14. The second-order valence-corrected chi connectivity index (χ2v) is 7.09. The number of carboxylic acid groups (broad SMARTS) is 1. The number of carbonyl (C=O) groups excluding carboxylic acids is 1. The molecule has 0 bridgehead atoms. The molecule has 3 N–H and O–H groups in total. The van der Waals surface area contributed by atoms with Crippen molar-refractivity contribution in [1.82, 2.24) is 10.5 Å². The summed E-state index contributed by atoms with van der Waals surface area (Å²) in [7, 11) is 0. The number of rotatable bonds is 7. The van der Waals surface area contributed by atoms with E-state index in [0.29, 0.717) is 26.9 Å². The molecule has 0 saturated heterocycles. The molecule has 2 aromatic carbocycles. The van der Waals surface area contributed by atoms with Gasteiger partial charge in [0.05, 0.1) is 6.04 Å². The molecule has 29 heavy (non-hydrogen) atoms. The number of nitrogens with zero attached hydrogens (tertiary/aromatic N) is 1. The fraction of sp³-hybridized carbons (Fsp3) is 0.150.